The molecule has 1 fully saturated rings. The third kappa shape index (κ3) is 5.07. The van der Waals surface area contributed by atoms with E-state index in [0.29, 0.717) is 19.6 Å². The molecule has 1 aromatic rings. The highest BCUT2D eigenvalue weighted by molar-refractivity contribution is 5.87. The molecule has 0 aromatic heterocycles. The fraction of sp³-hybridized carbons (Fsp3) is 0.412. The van der Waals surface area contributed by atoms with Crippen LogP contribution in [0.15, 0.2) is 30.3 Å². The third-order valence-corrected chi connectivity index (χ3v) is 3.81. The maximum absolute atomic E-state index is 11.3. The number of carboxylic acid groups (broad SMARTS) is 1. The topological polar surface area (TPSA) is 96.3 Å². The number of ether oxygens (including phenoxy) is 1. The van der Waals surface area contributed by atoms with Crippen LogP contribution >= 0.6 is 0 Å². The average Bonchev–Trinajstić information content (AvgIpc) is 2.53. The molecular formula is C17H21NO6. The molecular weight excluding hydrogens is 314 g/mol. The highest BCUT2D eigenvalue weighted by Crippen LogP contribution is 2.29. The van der Waals surface area contributed by atoms with Gasteiger partial charge in [0.2, 0.25) is 0 Å². The van der Waals surface area contributed by atoms with Crippen LogP contribution in [0.25, 0.3) is 6.08 Å². The Morgan fingerprint density at radius 2 is 2.04 bits per heavy atom. The minimum atomic E-state index is -1.38. The Morgan fingerprint density at radius 3 is 2.62 bits per heavy atom. The zero-order valence-electron chi connectivity index (χ0n) is 13.4. The van der Waals surface area contributed by atoms with Gasteiger partial charge in [-0.25, -0.2) is 9.59 Å². The predicted octanol–water partition coefficient (Wildman–Crippen LogP) is 2.02. The van der Waals surface area contributed by atoms with Gasteiger partial charge in [-0.3, -0.25) is 0 Å². The van der Waals surface area contributed by atoms with Crippen LogP contribution in [-0.4, -0.2) is 53.2 Å². The number of hydrogen-bond donors (Lipinski definition) is 2. The van der Waals surface area contributed by atoms with Crippen LogP contribution in [0.2, 0.25) is 0 Å². The number of nitrogens with zero attached hydrogens (tertiary/aromatic N) is 1. The molecule has 2 unspecified atom stereocenters. The molecule has 0 radical (unpaired) electrons. The van der Waals surface area contributed by atoms with E-state index in [1.54, 1.807) is 13.0 Å². The second kappa shape index (κ2) is 8.47. The van der Waals surface area contributed by atoms with Crippen LogP contribution in [0, 0.1) is 0 Å². The van der Waals surface area contributed by atoms with E-state index in [-0.39, 0.29) is 18.4 Å². The molecule has 0 bridgehead atoms. The molecule has 1 heterocycles. The molecule has 1 saturated heterocycles. The first-order chi connectivity index (χ1) is 11.5. The van der Waals surface area contributed by atoms with Gasteiger partial charge in [0.1, 0.15) is 0 Å². The Hall–Kier alpha value is -2.38. The van der Waals surface area contributed by atoms with Crippen molar-refractivity contribution in [2.75, 3.05) is 19.7 Å². The van der Waals surface area contributed by atoms with E-state index in [1.165, 1.54) is 11.1 Å². The summed E-state index contributed by atoms with van der Waals surface area (Å²) < 4.78 is 4.82. The number of β-amino-alcohol motifs (C(OH)–C–C–N with tert-alkyl or cyclic N) is 1. The third-order valence-electron chi connectivity index (χ3n) is 3.81. The number of aliphatic hydroxyl groups excluding tert-OH is 1. The van der Waals surface area contributed by atoms with Crippen molar-refractivity contribution in [3.63, 3.8) is 0 Å². The van der Waals surface area contributed by atoms with Gasteiger partial charge in [0.15, 0.2) is 0 Å². The van der Waals surface area contributed by atoms with Gasteiger partial charge in [0.05, 0.1) is 19.3 Å². The normalized spacial score (nSPS) is 21.6. The van der Waals surface area contributed by atoms with Gasteiger partial charge in [-0.2, -0.15) is 0 Å². The molecule has 7 nitrogen and oxygen atoms in total. The molecule has 7 heteroatoms. The average molecular weight is 335 g/mol. The fourth-order valence-electron chi connectivity index (χ4n) is 2.69. The van der Waals surface area contributed by atoms with E-state index in [1.807, 2.05) is 24.3 Å². The summed E-state index contributed by atoms with van der Waals surface area (Å²) in [7, 11) is 0. The maximum atomic E-state index is 11.3. The number of aliphatic hydroxyl groups is 1. The van der Waals surface area contributed by atoms with Gasteiger partial charge in [0.25, 0.3) is 0 Å². The van der Waals surface area contributed by atoms with Crippen LogP contribution in [0.4, 0.5) is 4.79 Å². The largest absolute Gasteiger partial charge is 0.525 e. The van der Waals surface area contributed by atoms with Crippen molar-refractivity contribution in [2.45, 2.75) is 25.4 Å². The van der Waals surface area contributed by atoms with Gasteiger partial charge in [-0.15, -0.1) is 5.06 Å². The summed E-state index contributed by atoms with van der Waals surface area (Å²) in [4.78, 5) is 26.4. The number of carbonyl (C=O) groups is 2. The first kappa shape index (κ1) is 18.0. The number of piperidine rings is 1. The lowest BCUT2D eigenvalue weighted by molar-refractivity contribution is -0.154. The van der Waals surface area contributed by atoms with Gasteiger partial charge in [0, 0.05) is 18.5 Å². The van der Waals surface area contributed by atoms with Crippen molar-refractivity contribution in [1.29, 1.82) is 0 Å². The first-order valence-corrected chi connectivity index (χ1v) is 7.78. The molecule has 2 N–H and O–H groups in total. The number of carbonyl (C=O) groups excluding carboxylic acids is 1. The molecule has 1 aromatic carbocycles. The SMILES string of the molecule is CCOC(=O)C=Cc1ccc(C2CCN(OC(=O)O)CC2O)cc1. The minimum absolute atomic E-state index is 0.0817. The Morgan fingerprint density at radius 1 is 1.33 bits per heavy atom. The van der Waals surface area contributed by atoms with Crippen LogP contribution in [0.5, 0.6) is 0 Å². The Labute approximate surface area is 140 Å². The molecule has 130 valence electrons. The van der Waals surface area contributed by atoms with Crippen LogP contribution in [0.1, 0.15) is 30.4 Å². The standard InChI is InChI=1S/C17H21NO6/c1-2-23-16(20)8-5-12-3-6-13(7-4-12)14-9-10-18(11-15(14)19)24-17(21)22/h3-8,14-15,19H,2,9-11H2,1H3,(H,21,22). The number of benzene rings is 1. The maximum Gasteiger partial charge on any atom is 0.525 e. The first-order valence-electron chi connectivity index (χ1n) is 7.78. The molecule has 2 atom stereocenters. The zero-order chi connectivity index (χ0) is 17.5. The van der Waals surface area contributed by atoms with Crippen molar-refractivity contribution in [3.05, 3.63) is 41.5 Å². The molecule has 0 amide bonds. The van der Waals surface area contributed by atoms with E-state index in [9.17, 15) is 14.7 Å². The number of rotatable bonds is 5. The summed E-state index contributed by atoms with van der Waals surface area (Å²) in [6.45, 7) is 2.66. The van der Waals surface area contributed by atoms with Crippen LogP contribution in [-0.2, 0) is 14.4 Å². The van der Waals surface area contributed by atoms with Gasteiger partial charge < -0.3 is 19.8 Å². The van der Waals surface area contributed by atoms with Gasteiger partial charge >= 0.3 is 12.1 Å². The van der Waals surface area contributed by atoms with Crippen molar-refractivity contribution >= 4 is 18.2 Å². The minimum Gasteiger partial charge on any atom is -0.463 e. The molecule has 2 rings (SSSR count). The summed E-state index contributed by atoms with van der Waals surface area (Å²) in [5.41, 5.74) is 1.82. The van der Waals surface area contributed by atoms with Crippen LogP contribution < -0.4 is 0 Å². The number of esters is 1. The molecule has 0 spiro atoms. The van der Waals surface area contributed by atoms with E-state index in [4.69, 9.17) is 9.84 Å². The number of hydroxylamine groups is 2. The highest BCUT2D eigenvalue weighted by atomic mass is 16.8. The monoisotopic (exact) mass is 335 g/mol. The summed E-state index contributed by atoms with van der Waals surface area (Å²) in [5, 5.41) is 20.1. The van der Waals surface area contributed by atoms with Crippen LogP contribution in [0.3, 0.4) is 0 Å². The second-order valence-electron chi connectivity index (χ2n) is 5.46. The fourth-order valence-corrected chi connectivity index (χ4v) is 2.69. The highest BCUT2D eigenvalue weighted by Gasteiger charge is 2.30. The Kier molecular flexibility index (Phi) is 6.34. The van der Waals surface area contributed by atoms with Crippen molar-refractivity contribution in [1.82, 2.24) is 5.06 Å². The summed E-state index contributed by atoms with van der Waals surface area (Å²) in [5.74, 6) is -0.468. The lowest BCUT2D eigenvalue weighted by Crippen LogP contribution is -2.43. The lowest BCUT2D eigenvalue weighted by Gasteiger charge is -2.34. The summed E-state index contributed by atoms with van der Waals surface area (Å²) in [6, 6.07) is 7.51. The number of hydrogen-bond acceptors (Lipinski definition) is 6. The van der Waals surface area contributed by atoms with E-state index >= 15 is 0 Å². The molecule has 0 saturated carbocycles. The van der Waals surface area contributed by atoms with E-state index < -0.39 is 12.3 Å². The van der Waals surface area contributed by atoms with Crippen molar-refractivity contribution in [2.24, 2.45) is 0 Å². The quantitative estimate of drug-likeness (QED) is 0.628. The summed E-state index contributed by atoms with van der Waals surface area (Å²) in [6.07, 6.45) is 1.54. The molecule has 1 aliphatic heterocycles. The molecule has 24 heavy (non-hydrogen) atoms. The van der Waals surface area contributed by atoms with E-state index in [2.05, 4.69) is 4.84 Å². The Bertz CT molecular complexity index is 598. The van der Waals surface area contributed by atoms with Crippen molar-refractivity contribution in [3.8, 4) is 0 Å². The predicted molar refractivity (Wildman–Crippen MR) is 86.2 cm³/mol. The van der Waals surface area contributed by atoms with Crippen molar-refractivity contribution < 1.29 is 29.4 Å². The molecule has 1 aliphatic rings. The van der Waals surface area contributed by atoms with E-state index in [0.717, 1.165) is 11.1 Å². The summed E-state index contributed by atoms with van der Waals surface area (Å²) >= 11 is 0. The van der Waals surface area contributed by atoms with Gasteiger partial charge in [-0.05, 0) is 30.5 Å². The molecule has 0 aliphatic carbocycles. The van der Waals surface area contributed by atoms with Gasteiger partial charge in [-0.1, -0.05) is 24.3 Å². The lowest BCUT2D eigenvalue weighted by atomic mass is 9.87. The Balaban J connectivity index is 1.96. The smallest absolute Gasteiger partial charge is 0.463 e. The zero-order valence-corrected chi connectivity index (χ0v) is 13.4. The second-order valence-corrected chi connectivity index (χ2v) is 5.46.